The first kappa shape index (κ1) is 13.7. The molecule has 0 saturated heterocycles. The molecule has 1 radical (unpaired) electrons. The average molecular weight is 302 g/mol. The molecule has 0 bridgehead atoms. The van der Waals surface area contributed by atoms with Crippen LogP contribution >= 0.6 is 0 Å². The molecular weight excluding hydrogens is 294 g/mol. The van der Waals surface area contributed by atoms with Gasteiger partial charge in [0, 0.05) is 5.39 Å². The van der Waals surface area contributed by atoms with Crippen molar-refractivity contribution in [2.24, 2.45) is 0 Å². The highest BCUT2D eigenvalue weighted by Crippen LogP contribution is 2.34. The Morgan fingerprint density at radius 2 is 1.53 bits per heavy atom. The van der Waals surface area contributed by atoms with Crippen molar-refractivity contribution in [3.8, 4) is 0 Å². The Balaban J connectivity index is 3.12. The van der Waals surface area contributed by atoms with Crippen molar-refractivity contribution >= 4 is 36.7 Å². The molecular formula is C10H8NO6S2. The van der Waals surface area contributed by atoms with Crippen LogP contribution in [0.5, 0.6) is 0 Å². The van der Waals surface area contributed by atoms with Crippen LogP contribution < -0.4 is 5.73 Å². The summed E-state index contributed by atoms with van der Waals surface area (Å²) in [5.74, 6) is 0. The lowest BCUT2D eigenvalue weighted by Gasteiger charge is -2.10. The van der Waals surface area contributed by atoms with E-state index in [1.165, 1.54) is 24.3 Å². The molecule has 101 valence electrons. The highest BCUT2D eigenvalue weighted by molar-refractivity contribution is 7.87. The summed E-state index contributed by atoms with van der Waals surface area (Å²) in [5.41, 5.74) is 6.59. The van der Waals surface area contributed by atoms with Crippen LogP contribution in [0.15, 0.2) is 40.1 Å². The molecule has 0 aliphatic rings. The minimum absolute atomic E-state index is 0.00222. The molecule has 9 heteroatoms. The van der Waals surface area contributed by atoms with E-state index in [2.05, 4.69) is 0 Å². The number of nitrogens with one attached hydrogen (secondary N) is 1. The van der Waals surface area contributed by atoms with Gasteiger partial charge in [-0.1, -0.05) is 24.3 Å². The first-order valence-electron chi connectivity index (χ1n) is 4.84. The molecule has 0 spiro atoms. The van der Waals surface area contributed by atoms with Crippen molar-refractivity contribution in [1.29, 1.82) is 0 Å². The summed E-state index contributed by atoms with van der Waals surface area (Å²) in [6.07, 6.45) is 0. The van der Waals surface area contributed by atoms with Gasteiger partial charge < -0.3 is 0 Å². The molecule has 2 aromatic carbocycles. The van der Waals surface area contributed by atoms with Crippen LogP contribution in [0.4, 0.5) is 5.69 Å². The third-order valence-electron chi connectivity index (χ3n) is 2.50. The molecule has 0 fully saturated rings. The van der Waals surface area contributed by atoms with Gasteiger partial charge in [-0.25, -0.2) is 0 Å². The molecule has 0 saturated carbocycles. The fourth-order valence-corrected chi connectivity index (χ4v) is 3.29. The Hall–Kier alpha value is -1.68. The maximum Gasteiger partial charge on any atom is 0.297 e. The van der Waals surface area contributed by atoms with E-state index in [4.69, 9.17) is 14.8 Å². The van der Waals surface area contributed by atoms with Crippen molar-refractivity contribution < 1.29 is 25.9 Å². The number of hydrogen-bond donors (Lipinski definition) is 2. The van der Waals surface area contributed by atoms with E-state index in [1.54, 1.807) is 0 Å². The van der Waals surface area contributed by atoms with Crippen LogP contribution in [0.3, 0.4) is 0 Å². The van der Waals surface area contributed by atoms with Gasteiger partial charge in [-0.15, -0.1) is 0 Å². The third kappa shape index (κ3) is 2.40. The minimum Gasteiger partial charge on any atom is -0.298 e. The fourth-order valence-electron chi connectivity index (χ4n) is 1.76. The van der Waals surface area contributed by atoms with E-state index in [9.17, 15) is 16.8 Å². The lowest BCUT2D eigenvalue weighted by Crippen LogP contribution is -2.06. The Morgan fingerprint density at radius 1 is 0.947 bits per heavy atom. The highest BCUT2D eigenvalue weighted by Gasteiger charge is 2.26. The first-order chi connectivity index (χ1) is 8.62. The predicted molar refractivity (Wildman–Crippen MR) is 66.3 cm³/mol. The van der Waals surface area contributed by atoms with E-state index in [-0.39, 0.29) is 10.8 Å². The van der Waals surface area contributed by atoms with Crippen molar-refractivity contribution in [2.75, 3.05) is 0 Å². The smallest absolute Gasteiger partial charge is 0.297 e. The third-order valence-corrected chi connectivity index (χ3v) is 4.32. The second-order valence-electron chi connectivity index (χ2n) is 3.75. The van der Waals surface area contributed by atoms with Crippen LogP contribution in [0.1, 0.15) is 0 Å². The summed E-state index contributed by atoms with van der Waals surface area (Å²) in [5, 5.41) is 0.168. The summed E-state index contributed by atoms with van der Waals surface area (Å²) in [4.78, 5) is -1.72. The van der Waals surface area contributed by atoms with Crippen molar-refractivity contribution in [2.45, 2.75) is 9.79 Å². The van der Waals surface area contributed by atoms with Gasteiger partial charge >= 0.3 is 0 Å². The largest absolute Gasteiger partial charge is 0.298 e. The summed E-state index contributed by atoms with van der Waals surface area (Å²) < 4.78 is 63.0. The van der Waals surface area contributed by atoms with Crippen LogP contribution in [-0.2, 0) is 20.2 Å². The molecule has 7 nitrogen and oxygen atoms in total. The molecule has 0 atom stereocenters. The molecule has 2 aromatic rings. The summed E-state index contributed by atoms with van der Waals surface area (Å²) >= 11 is 0. The lowest BCUT2D eigenvalue weighted by molar-refractivity contribution is 0.482. The number of fused-ring (bicyclic) bond motifs is 1. The second-order valence-corrected chi connectivity index (χ2v) is 6.50. The summed E-state index contributed by atoms with van der Waals surface area (Å²) in [7, 11) is -9.58. The number of hydrogen-bond acceptors (Lipinski definition) is 4. The molecule has 3 N–H and O–H groups in total. The monoisotopic (exact) mass is 302 g/mol. The lowest BCUT2D eigenvalue weighted by atomic mass is 10.1. The maximum absolute atomic E-state index is 11.3. The second kappa shape index (κ2) is 4.17. The zero-order valence-electron chi connectivity index (χ0n) is 9.23. The minimum atomic E-state index is -4.81. The summed E-state index contributed by atoms with van der Waals surface area (Å²) in [6, 6.07) is 6.70. The first-order valence-corrected chi connectivity index (χ1v) is 7.72. The average Bonchev–Trinajstić information content (AvgIpc) is 2.24. The van der Waals surface area contributed by atoms with Crippen molar-refractivity contribution in [3.05, 3.63) is 30.3 Å². The number of benzene rings is 2. The Labute approximate surface area is 109 Å². The van der Waals surface area contributed by atoms with Crippen LogP contribution in [0, 0.1) is 0 Å². The molecule has 0 amide bonds. The zero-order valence-corrected chi connectivity index (χ0v) is 10.9. The Morgan fingerprint density at radius 3 is 2.05 bits per heavy atom. The summed E-state index contributed by atoms with van der Waals surface area (Å²) in [6.45, 7) is 0. The molecule has 0 unspecified atom stereocenters. The van der Waals surface area contributed by atoms with Crippen molar-refractivity contribution in [1.82, 2.24) is 5.73 Å². The van der Waals surface area contributed by atoms with Gasteiger partial charge in [0.15, 0.2) is 0 Å². The van der Waals surface area contributed by atoms with Crippen LogP contribution in [0.25, 0.3) is 10.8 Å². The highest BCUT2D eigenvalue weighted by atomic mass is 32.2. The number of rotatable bonds is 2. The van der Waals surface area contributed by atoms with Gasteiger partial charge in [0.05, 0.1) is 5.69 Å². The van der Waals surface area contributed by atoms with Crippen molar-refractivity contribution in [3.63, 3.8) is 0 Å². The maximum atomic E-state index is 11.3. The molecule has 0 aliphatic heterocycles. The predicted octanol–water partition coefficient (Wildman–Crippen LogP) is 1.25. The van der Waals surface area contributed by atoms with Crippen LogP contribution in [0.2, 0.25) is 0 Å². The Kier molecular flexibility index (Phi) is 3.01. The van der Waals surface area contributed by atoms with Gasteiger partial charge in [-0.2, -0.15) is 16.8 Å². The normalized spacial score (nSPS) is 12.7. The molecule has 2 rings (SSSR count). The van der Waals surface area contributed by atoms with Gasteiger partial charge in [0.1, 0.15) is 9.79 Å². The van der Waals surface area contributed by atoms with E-state index in [0.717, 1.165) is 6.07 Å². The van der Waals surface area contributed by atoms with E-state index in [1.807, 2.05) is 0 Å². The van der Waals surface area contributed by atoms with Gasteiger partial charge in [-0.3, -0.25) is 14.8 Å². The standard InChI is InChI=1S/C10H8NO6S2/c11-9-8(18(12,13)14)5-6-3-1-2-4-7(6)10(9)19(15,16)17/h1-5,11H,(H,12,13,14)(H,15,16,17). The molecule has 0 aromatic heterocycles. The quantitative estimate of drug-likeness (QED) is 0.802. The Bertz CT molecular complexity index is 870. The van der Waals surface area contributed by atoms with E-state index < -0.39 is 35.7 Å². The molecule has 0 aliphatic carbocycles. The zero-order chi connectivity index (χ0) is 14.4. The van der Waals surface area contributed by atoms with E-state index in [0.29, 0.717) is 0 Å². The fraction of sp³-hybridized carbons (Fsp3) is 0. The van der Waals surface area contributed by atoms with Gasteiger partial charge in [0.2, 0.25) is 0 Å². The topological polar surface area (TPSA) is 133 Å². The van der Waals surface area contributed by atoms with Gasteiger partial charge in [0.25, 0.3) is 20.2 Å². The van der Waals surface area contributed by atoms with Crippen LogP contribution in [-0.4, -0.2) is 25.9 Å². The van der Waals surface area contributed by atoms with E-state index >= 15 is 0 Å². The molecule has 0 heterocycles. The SMILES string of the molecule is [NH]c1c(S(=O)(=O)O)cc2ccccc2c1S(=O)(=O)O. The molecule has 19 heavy (non-hydrogen) atoms. The van der Waals surface area contributed by atoms with Gasteiger partial charge in [-0.05, 0) is 11.5 Å².